The lowest BCUT2D eigenvalue weighted by Crippen LogP contribution is -2.23. The summed E-state index contributed by atoms with van der Waals surface area (Å²) >= 11 is 0. The summed E-state index contributed by atoms with van der Waals surface area (Å²) < 4.78 is 0. The second kappa shape index (κ2) is 4.33. The van der Waals surface area contributed by atoms with Crippen LogP contribution >= 0.6 is 0 Å². The molecule has 1 rings (SSSR count). The van der Waals surface area contributed by atoms with E-state index >= 15 is 0 Å². The van der Waals surface area contributed by atoms with Crippen molar-refractivity contribution >= 4 is 11.6 Å². The van der Waals surface area contributed by atoms with Gasteiger partial charge in [-0.3, -0.25) is 4.79 Å². The Morgan fingerprint density at radius 3 is 2.93 bits per heavy atom. The van der Waals surface area contributed by atoms with Crippen LogP contribution in [0, 0.1) is 19.3 Å². The Balaban J connectivity index is 2.82. The molecule has 0 bridgehead atoms. The minimum absolute atomic E-state index is 0.199. The van der Waals surface area contributed by atoms with Gasteiger partial charge in [-0.25, -0.2) is 0 Å². The maximum Gasteiger partial charge on any atom is 0.252 e. The van der Waals surface area contributed by atoms with Crippen molar-refractivity contribution in [1.29, 1.82) is 0 Å². The van der Waals surface area contributed by atoms with E-state index in [2.05, 4.69) is 11.2 Å². The first-order valence-corrected chi connectivity index (χ1v) is 4.23. The summed E-state index contributed by atoms with van der Waals surface area (Å²) in [5, 5.41) is 2.56. The molecular weight excluding hydrogens is 176 g/mol. The molecule has 14 heavy (non-hydrogen) atoms. The summed E-state index contributed by atoms with van der Waals surface area (Å²) in [6.45, 7) is 2.12. The number of terminal acetylenes is 1. The number of carbonyl (C=O) groups is 1. The summed E-state index contributed by atoms with van der Waals surface area (Å²) in [6, 6.07) is 5.17. The minimum atomic E-state index is -0.199. The lowest BCUT2D eigenvalue weighted by atomic mass is 10.1. The maximum absolute atomic E-state index is 11.4. The van der Waals surface area contributed by atoms with Crippen molar-refractivity contribution < 1.29 is 4.79 Å². The first-order chi connectivity index (χ1) is 6.65. The Hall–Kier alpha value is -1.95. The summed E-state index contributed by atoms with van der Waals surface area (Å²) in [5.41, 5.74) is 7.76. The van der Waals surface area contributed by atoms with Gasteiger partial charge in [0.15, 0.2) is 0 Å². The van der Waals surface area contributed by atoms with Gasteiger partial charge in [-0.1, -0.05) is 12.0 Å². The van der Waals surface area contributed by atoms with Gasteiger partial charge < -0.3 is 11.1 Å². The third-order valence-electron chi connectivity index (χ3n) is 1.89. The smallest absolute Gasteiger partial charge is 0.252 e. The van der Waals surface area contributed by atoms with E-state index in [9.17, 15) is 4.79 Å². The lowest BCUT2D eigenvalue weighted by molar-refractivity contribution is 0.0959. The van der Waals surface area contributed by atoms with Crippen LogP contribution in [0.2, 0.25) is 0 Å². The molecule has 1 aromatic carbocycles. The highest BCUT2D eigenvalue weighted by atomic mass is 16.1. The number of hydrogen-bond donors (Lipinski definition) is 2. The predicted molar refractivity (Wildman–Crippen MR) is 56.8 cm³/mol. The first-order valence-electron chi connectivity index (χ1n) is 4.23. The van der Waals surface area contributed by atoms with E-state index in [-0.39, 0.29) is 12.5 Å². The Morgan fingerprint density at radius 1 is 1.64 bits per heavy atom. The highest BCUT2D eigenvalue weighted by Crippen LogP contribution is 2.12. The van der Waals surface area contributed by atoms with E-state index in [4.69, 9.17) is 12.2 Å². The number of nitrogens with two attached hydrogens (primary N) is 1. The third kappa shape index (κ3) is 2.27. The van der Waals surface area contributed by atoms with Crippen LogP contribution in [0.25, 0.3) is 0 Å². The number of hydrogen-bond acceptors (Lipinski definition) is 2. The fraction of sp³-hybridized carbons (Fsp3) is 0.182. The Kier molecular flexibility index (Phi) is 3.14. The van der Waals surface area contributed by atoms with Crippen LogP contribution in [0.5, 0.6) is 0 Å². The minimum Gasteiger partial charge on any atom is -0.398 e. The Morgan fingerprint density at radius 2 is 2.36 bits per heavy atom. The topological polar surface area (TPSA) is 55.1 Å². The highest BCUT2D eigenvalue weighted by Gasteiger charge is 2.04. The zero-order valence-electron chi connectivity index (χ0n) is 8.00. The quantitative estimate of drug-likeness (QED) is 0.536. The van der Waals surface area contributed by atoms with Gasteiger partial charge in [0.05, 0.1) is 6.54 Å². The van der Waals surface area contributed by atoms with E-state index in [1.165, 1.54) is 0 Å². The monoisotopic (exact) mass is 188 g/mol. The molecule has 1 amide bonds. The maximum atomic E-state index is 11.4. The Labute approximate surface area is 83.3 Å². The van der Waals surface area contributed by atoms with Gasteiger partial charge in [0, 0.05) is 11.3 Å². The van der Waals surface area contributed by atoms with Gasteiger partial charge in [0.25, 0.3) is 5.91 Å². The summed E-state index contributed by atoms with van der Waals surface area (Å²) in [7, 11) is 0. The van der Waals surface area contributed by atoms with Gasteiger partial charge in [-0.2, -0.15) is 0 Å². The predicted octanol–water partition coefficient (Wildman–Crippen LogP) is 0.940. The molecule has 0 aliphatic rings. The normalized spacial score (nSPS) is 9.14. The molecule has 0 aliphatic carbocycles. The molecule has 0 spiro atoms. The molecule has 0 heterocycles. The fourth-order valence-corrected chi connectivity index (χ4v) is 1.02. The average Bonchev–Trinajstić information content (AvgIpc) is 2.18. The number of rotatable bonds is 2. The van der Waals surface area contributed by atoms with Gasteiger partial charge in [0.2, 0.25) is 0 Å². The molecular formula is C11H12N2O. The van der Waals surface area contributed by atoms with Gasteiger partial charge in [-0.05, 0) is 24.6 Å². The van der Waals surface area contributed by atoms with Crippen LogP contribution in [-0.2, 0) is 0 Å². The fourth-order valence-electron chi connectivity index (χ4n) is 1.02. The summed E-state index contributed by atoms with van der Waals surface area (Å²) in [6.07, 6.45) is 5.02. The van der Waals surface area contributed by atoms with Crippen molar-refractivity contribution in [2.75, 3.05) is 12.3 Å². The molecule has 0 saturated carbocycles. The van der Waals surface area contributed by atoms with E-state index in [0.29, 0.717) is 11.3 Å². The number of amides is 1. The first kappa shape index (κ1) is 10.1. The van der Waals surface area contributed by atoms with E-state index in [1.807, 2.05) is 6.92 Å². The molecule has 72 valence electrons. The highest BCUT2D eigenvalue weighted by molar-refractivity contribution is 5.95. The molecule has 0 fully saturated rings. The number of anilines is 1. The van der Waals surface area contributed by atoms with Gasteiger partial charge >= 0.3 is 0 Å². The van der Waals surface area contributed by atoms with Crippen LogP contribution in [-0.4, -0.2) is 12.5 Å². The van der Waals surface area contributed by atoms with Crippen molar-refractivity contribution in [3.63, 3.8) is 0 Å². The van der Waals surface area contributed by atoms with Crippen LogP contribution in [0.4, 0.5) is 5.69 Å². The zero-order chi connectivity index (χ0) is 10.6. The average molecular weight is 188 g/mol. The van der Waals surface area contributed by atoms with Crippen LogP contribution in [0.1, 0.15) is 15.9 Å². The van der Waals surface area contributed by atoms with Gasteiger partial charge in [-0.15, -0.1) is 6.42 Å². The molecule has 0 aliphatic heterocycles. The molecule has 0 saturated heterocycles. The van der Waals surface area contributed by atoms with Crippen molar-refractivity contribution in [1.82, 2.24) is 5.32 Å². The molecule has 0 aromatic heterocycles. The SMILES string of the molecule is C#CCNC(=O)c1ccc(C)c(N)c1. The summed E-state index contributed by atoms with van der Waals surface area (Å²) in [4.78, 5) is 11.4. The van der Waals surface area contributed by atoms with Crippen LogP contribution < -0.4 is 11.1 Å². The van der Waals surface area contributed by atoms with Crippen molar-refractivity contribution in [3.05, 3.63) is 29.3 Å². The number of nitrogens with one attached hydrogen (secondary N) is 1. The molecule has 0 radical (unpaired) electrons. The van der Waals surface area contributed by atoms with Crippen LogP contribution in [0.3, 0.4) is 0 Å². The second-order valence-corrected chi connectivity index (χ2v) is 2.96. The van der Waals surface area contributed by atoms with Crippen molar-refractivity contribution in [3.8, 4) is 12.3 Å². The number of benzene rings is 1. The molecule has 3 heteroatoms. The molecule has 3 nitrogen and oxygen atoms in total. The molecule has 3 N–H and O–H groups in total. The Bertz CT molecular complexity index is 391. The molecule has 0 unspecified atom stereocenters. The number of carbonyl (C=O) groups excluding carboxylic acids is 1. The van der Waals surface area contributed by atoms with E-state index in [0.717, 1.165) is 5.56 Å². The van der Waals surface area contributed by atoms with Crippen LogP contribution in [0.15, 0.2) is 18.2 Å². The summed E-state index contributed by atoms with van der Waals surface area (Å²) in [5.74, 6) is 2.13. The largest absolute Gasteiger partial charge is 0.398 e. The van der Waals surface area contributed by atoms with E-state index < -0.39 is 0 Å². The van der Waals surface area contributed by atoms with Crippen molar-refractivity contribution in [2.45, 2.75) is 6.92 Å². The number of nitrogen functional groups attached to an aromatic ring is 1. The number of aryl methyl sites for hydroxylation is 1. The van der Waals surface area contributed by atoms with Gasteiger partial charge in [0.1, 0.15) is 0 Å². The van der Waals surface area contributed by atoms with E-state index in [1.54, 1.807) is 18.2 Å². The standard InChI is InChI=1S/C11H12N2O/c1-3-6-13-11(14)9-5-4-8(2)10(12)7-9/h1,4-5,7H,6,12H2,2H3,(H,13,14). The third-order valence-corrected chi connectivity index (χ3v) is 1.89. The zero-order valence-corrected chi connectivity index (χ0v) is 8.00. The van der Waals surface area contributed by atoms with Crippen molar-refractivity contribution in [2.24, 2.45) is 0 Å². The molecule has 0 atom stereocenters. The molecule has 1 aromatic rings. The lowest BCUT2D eigenvalue weighted by Gasteiger charge is -2.04. The second-order valence-electron chi connectivity index (χ2n) is 2.96.